The molecule has 1 aliphatic heterocycles. The highest BCUT2D eigenvalue weighted by molar-refractivity contribution is 7.91. The Morgan fingerprint density at radius 3 is 2.62 bits per heavy atom. The van der Waals surface area contributed by atoms with E-state index in [4.69, 9.17) is 4.74 Å². The van der Waals surface area contributed by atoms with E-state index >= 15 is 0 Å². The Morgan fingerprint density at radius 2 is 2.04 bits per heavy atom. The molecule has 0 spiro atoms. The van der Waals surface area contributed by atoms with Gasteiger partial charge in [-0.2, -0.15) is 0 Å². The van der Waals surface area contributed by atoms with Gasteiger partial charge in [-0.15, -0.1) is 0 Å². The van der Waals surface area contributed by atoms with Crippen LogP contribution in [0.3, 0.4) is 0 Å². The number of carbonyl (C=O) groups is 2. The lowest BCUT2D eigenvalue weighted by Gasteiger charge is -2.27. The third-order valence-corrected chi connectivity index (χ3v) is 5.83. The summed E-state index contributed by atoms with van der Waals surface area (Å²) in [6, 6.07) is 4.86. The van der Waals surface area contributed by atoms with Crippen LogP contribution >= 0.6 is 0 Å². The number of sulfone groups is 1. The molecular weight excluding hydrogens is 364 g/mol. The number of nitro benzene ring substituents is 1. The first kappa shape index (κ1) is 19.8. The van der Waals surface area contributed by atoms with E-state index < -0.39 is 45.0 Å². The summed E-state index contributed by atoms with van der Waals surface area (Å²) in [6.45, 7) is 1.60. The molecule has 0 N–H and O–H groups in total. The first-order chi connectivity index (χ1) is 12.2. The van der Waals surface area contributed by atoms with E-state index in [1.807, 2.05) is 6.92 Å². The van der Waals surface area contributed by atoms with Crippen LogP contribution in [0.2, 0.25) is 0 Å². The quantitative estimate of drug-likeness (QED) is 0.393. The zero-order valence-corrected chi connectivity index (χ0v) is 15.1. The fraction of sp³-hybridized carbons (Fsp3) is 0.500. The average molecular weight is 384 g/mol. The van der Waals surface area contributed by atoms with Gasteiger partial charge >= 0.3 is 5.97 Å². The van der Waals surface area contributed by atoms with Gasteiger partial charge < -0.3 is 9.64 Å². The molecule has 1 aromatic carbocycles. The molecule has 2 rings (SSSR count). The van der Waals surface area contributed by atoms with E-state index in [1.165, 1.54) is 29.2 Å². The Kier molecular flexibility index (Phi) is 6.30. The zero-order valence-electron chi connectivity index (χ0n) is 14.3. The molecule has 9 nitrogen and oxygen atoms in total. The number of hydrogen-bond donors (Lipinski definition) is 0. The highest BCUT2D eigenvalue weighted by atomic mass is 32.2. The van der Waals surface area contributed by atoms with Crippen LogP contribution < -0.4 is 0 Å². The molecule has 1 fully saturated rings. The van der Waals surface area contributed by atoms with Gasteiger partial charge in [0.1, 0.15) is 5.56 Å². The predicted molar refractivity (Wildman–Crippen MR) is 92.4 cm³/mol. The van der Waals surface area contributed by atoms with E-state index in [0.717, 1.165) is 0 Å². The average Bonchev–Trinajstić information content (AvgIpc) is 2.96. The lowest BCUT2D eigenvalue weighted by molar-refractivity contribution is -0.385. The normalized spacial score (nSPS) is 18.3. The van der Waals surface area contributed by atoms with Crippen molar-refractivity contribution < 1.29 is 27.7 Å². The molecule has 1 aliphatic rings. The maximum Gasteiger partial charge on any atom is 0.345 e. The van der Waals surface area contributed by atoms with Crippen molar-refractivity contribution in [1.29, 1.82) is 0 Å². The largest absolute Gasteiger partial charge is 0.452 e. The van der Waals surface area contributed by atoms with Crippen LogP contribution in [0.4, 0.5) is 5.69 Å². The Hall–Kier alpha value is -2.49. The lowest BCUT2D eigenvalue weighted by Crippen LogP contribution is -2.43. The van der Waals surface area contributed by atoms with E-state index in [-0.39, 0.29) is 17.1 Å². The molecule has 0 unspecified atom stereocenters. The Labute approximate surface area is 151 Å². The number of para-hydroxylation sites is 1. The zero-order chi connectivity index (χ0) is 19.3. The van der Waals surface area contributed by atoms with Crippen LogP contribution in [-0.4, -0.2) is 60.8 Å². The molecule has 0 saturated carbocycles. The second kappa shape index (κ2) is 8.26. The van der Waals surface area contributed by atoms with Crippen LogP contribution in [0.1, 0.15) is 30.1 Å². The second-order valence-corrected chi connectivity index (χ2v) is 8.22. The van der Waals surface area contributed by atoms with Gasteiger partial charge in [-0.05, 0) is 18.9 Å². The van der Waals surface area contributed by atoms with Crippen LogP contribution in [0, 0.1) is 10.1 Å². The van der Waals surface area contributed by atoms with Gasteiger partial charge in [0.25, 0.3) is 11.6 Å². The van der Waals surface area contributed by atoms with Gasteiger partial charge in [0.2, 0.25) is 0 Å². The molecule has 1 saturated heterocycles. The summed E-state index contributed by atoms with van der Waals surface area (Å²) < 4.78 is 28.2. The van der Waals surface area contributed by atoms with Crippen molar-refractivity contribution in [3.63, 3.8) is 0 Å². The maximum absolute atomic E-state index is 12.4. The van der Waals surface area contributed by atoms with Crippen molar-refractivity contribution in [2.45, 2.75) is 25.8 Å². The van der Waals surface area contributed by atoms with Crippen molar-refractivity contribution in [3.8, 4) is 0 Å². The fourth-order valence-electron chi connectivity index (χ4n) is 2.87. The molecule has 1 aromatic rings. The summed E-state index contributed by atoms with van der Waals surface area (Å²) in [4.78, 5) is 36.2. The predicted octanol–water partition coefficient (Wildman–Crippen LogP) is 1.18. The van der Waals surface area contributed by atoms with Gasteiger partial charge in [-0.25, -0.2) is 13.2 Å². The number of ether oxygens (including phenoxy) is 1. The topological polar surface area (TPSA) is 124 Å². The van der Waals surface area contributed by atoms with Crippen molar-refractivity contribution in [3.05, 3.63) is 39.9 Å². The Morgan fingerprint density at radius 1 is 1.35 bits per heavy atom. The van der Waals surface area contributed by atoms with Gasteiger partial charge in [0.05, 0.1) is 16.4 Å². The van der Waals surface area contributed by atoms with Crippen LogP contribution in [0.5, 0.6) is 0 Å². The number of carbonyl (C=O) groups excluding carboxylic acids is 2. The molecule has 10 heteroatoms. The van der Waals surface area contributed by atoms with Gasteiger partial charge in [-0.1, -0.05) is 19.1 Å². The van der Waals surface area contributed by atoms with E-state index in [0.29, 0.717) is 19.4 Å². The van der Waals surface area contributed by atoms with E-state index in [2.05, 4.69) is 0 Å². The highest BCUT2D eigenvalue weighted by Crippen LogP contribution is 2.20. The minimum atomic E-state index is -3.16. The number of hydrogen-bond acceptors (Lipinski definition) is 7. The number of nitrogens with zero attached hydrogens (tertiary/aromatic N) is 2. The van der Waals surface area contributed by atoms with Crippen molar-refractivity contribution in [2.24, 2.45) is 0 Å². The Balaban J connectivity index is 2.04. The fourth-order valence-corrected chi connectivity index (χ4v) is 4.60. The molecule has 26 heavy (non-hydrogen) atoms. The summed E-state index contributed by atoms with van der Waals surface area (Å²) in [5, 5.41) is 11.0. The minimum absolute atomic E-state index is 0.0289. The summed E-state index contributed by atoms with van der Waals surface area (Å²) in [5.41, 5.74) is -0.645. The minimum Gasteiger partial charge on any atom is -0.452 e. The van der Waals surface area contributed by atoms with E-state index in [9.17, 15) is 28.1 Å². The summed E-state index contributed by atoms with van der Waals surface area (Å²) in [6.07, 6.45) is 0.979. The van der Waals surface area contributed by atoms with Crippen LogP contribution in [0.15, 0.2) is 24.3 Å². The SMILES string of the molecule is CCCN(C(=O)COC(=O)c1ccccc1[N+](=O)[O-])[C@@H]1CCS(=O)(=O)C1. The molecule has 0 radical (unpaired) electrons. The van der Waals surface area contributed by atoms with Crippen molar-refractivity contribution >= 4 is 27.4 Å². The van der Waals surface area contributed by atoms with E-state index in [1.54, 1.807) is 0 Å². The molecule has 1 heterocycles. The van der Waals surface area contributed by atoms with Gasteiger partial charge in [-0.3, -0.25) is 14.9 Å². The highest BCUT2D eigenvalue weighted by Gasteiger charge is 2.34. The third-order valence-electron chi connectivity index (χ3n) is 4.08. The number of esters is 1. The number of nitro groups is 1. The van der Waals surface area contributed by atoms with Gasteiger partial charge in [0.15, 0.2) is 16.4 Å². The van der Waals surface area contributed by atoms with Crippen molar-refractivity contribution in [2.75, 3.05) is 24.7 Å². The molecule has 1 amide bonds. The number of amides is 1. The summed E-state index contributed by atoms with van der Waals surface area (Å²) >= 11 is 0. The molecule has 0 aromatic heterocycles. The smallest absolute Gasteiger partial charge is 0.345 e. The first-order valence-corrected chi connectivity index (χ1v) is 9.97. The molecular formula is C16H20N2O7S. The summed E-state index contributed by atoms with van der Waals surface area (Å²) in [5.74, 6) is -1.56. The van der Waals surface area contributed by atoms with Crippen molar-refractivity contribution in [1.82, 2.24) is 4.90 Å². The van der Waals surface area contributed by atoms with Crippen LogP contribution in [0.25, 0.3) is 0 Å². The molecule has 142 valence electrons. The molecule has 1 atom stereocenters. The third kappa shape index (κ3) is 4.78. The summed E-state index contributed by atoms with van der Waals surface area (Å²) in [7, 11) is -3.16. The monoisotopic (exact) mass is 384 g/mol. The molecule has 0 aliphatic carbocycles. The first-order valence-electron chi connectivity index (χ1n) is 8.15. The lowest BCUT2D eigenvalue weighted by atomic mass is 10.2. The maximum atomic E-state index is 12.4. The second-order valence-electron chi connectivity index (χ2n) is 5.99. The van der Waals surface area contributed by atoms with Crippen LogP contribution in [-0.2, 0) is 19.4 Å². The number of benzene rings is 1. The Bertz CT molecular complexity index is 807. The molecule has 0 bridgehead atoms. The van der Waals surface area contributed by atoms with Gasteiger partial charge in [0, 0.05) is 18.7 Å². The number of rotatable bonds is 7. The standard InChI is InChI=1S/C16H20N2O7S/c1-2-8-17(12-7-9-26(23,24)11-12)15(19)10-25-16(20)13-5-3-4-6-14(13)18(21)22/h3-6,12H,2,7-11H2,1H3/t12-/m1/s1.